The van der Waals surface area contributed by atoms with E-state index < -0.39 is 0 Å². The summed E-state index contributed by atoms with van der Waals surface area (Å²) >= 11 is 0. The molecule has 0 spiro atoms. The van der Waals surface area contributed by atoms with Crippen LogP contribution in [0.5, 0.6) is 5.75 Å². The van der Waals surface area contributed by atoms with Crippen LogP contribution in [0.3, 0.4) is 0 Å². The zero-order valence-electron chi connectivity index (χ0n) is 12.6. The molecule has 2 fully saturated rings. The van der Waals surface area contributed by atoms with Crippen LogP contribution in [-0.4, -0.2) is 56.8 Å². The zero-order chi connectivity index (χ0) is 14.5. The first-order chi connectivity index (χ1) is 10.3. The Kier molecular flexibility index (Phi) is 6.49. The van der Waals surface area contributed by atoms with Gasteiger partial charge in [0.2, 0.25) is 5.91 Å². The SMILES string of the molecule is Cl.O=C(COCCOc1ccccc1)N1C[C@H]2CNC[C@H]2C1. The maximum absolute atomic E-state index is 12.0. The summed E-state index contributed by atoms with van der Waals surface area (Å²) in [7, 11) is 0. The zero-order valence-corrected chi connectivity index (χ0v) is 13.4. The van der Waals surface area contributed by atoms with E-state index in [1.807, 2.05) is 35.2 Å². The molecule has 2 atom stereocenters. The molecule has 22 heavy (non-hydrogen) atoms. The molecule has 0 saturated carbocycles. The van der Waals surface area contributed by atoms with Gasteiger partial charge in [-0.05, 0) is 24.0 Å². The van der Waals surface area contributed by atoms with E-state index in [1.54, 1.807) is 0 Å². The van der Waals surface area contributed by atoms with E-state index in [1.165, 1.54) is 0 Å². The predicted octanol–water partition coefficient (Wildman–Crippen LogP) is 1.18. The molecule has 6 heteroatoms. The van der Waals surface area contributed by atoms with E-state index in [-0.39, 0.29) is 24.9 Å². The van der Waals surface area contributed by atoms with Crippen molar-refractivity contribution in [3.8, 4) is 5.75 Å². The number of fused-ring (bicyclic) bond motifs is 1. The van der Waals surface area contributed by atoms with E-state index in [0.29, 0.717) is 25.0 Å². The number of amides is 1. The summed E-state index contributed by atoms with van der Waals surface area (Å²) in [6.07, 6.45) is 0. The largest absolute Gasteiger partial charge is 0.491 e. The lowest BCUT2D eigenvalue weighted by Crippen LogP contribution is -2.34. The molecule has 1 aromatic carbocycles. The van der Waals surface area contributed by atoms with Crippen LogP contribution in [-0.2, 0) is 9.53 Å². The number of nitrogens with one attached hydrogen (secondary N) is 1. The molecular formula is C16H23ClN2O3. The fourth-order valence-electron chi connectivity index (χ4n) is 3.04. The van der Waals surface area contributed by atoms with E-state index in [0.717, 1.165) is 31.9 Å². The van der Waals surface area contributed by atoms with Crippen molar-refractivity contribution in [1.82, 2.24) is 10.2 Å². The van der Waals surface area contributed by atoms with E-state index in [2.05, 4.69) is 5.32 Å². The average molecular weight is 327 g/mol. The summed E-state index contributed by atoms with van der Waals surface area (Å²) in [6, 6.07) is 9.62. The van der Waals surface area contributed by atoms with Gasteiger partial charge in [-0.1, -0.05) is 18.2 Å². The van der Waals surface area contributed by atoms with Crippen molar-refractivity contribution in [3.05, 3.63) is 30.3 Å². The standard InChI is InChI=1S/C16H22N2O3.ClH/c19-16(18-10-13-8-17-9-14(13)11-18)12-20-6-7-21-15-4-2-1-3-5-15;/h1-5,13-14,17H,6-12H2;1H/t13-,14+;. The quantitative estimate of drug-likeness (QED) is 0.798. The normalized spacial score (nSPS) is 23.0. The second-order valence-electron chi connectivity index (χ2n) is 5.69. The second-order valence-corrected chi connectivity index (χ2v) is 5.69. The Balaban J connectivity index is 0.00000176. The first-order valence-corrected chi connectivity index (χ1v) is 7.57. The molecule has 5 nitrogen and oxygen atoms in total. The summed E-state index contributed by atoms with van der Waals surface area (Å²) in [4.78, 5) is 14.0. The van der Waals surface area contributed by atoms with Crippen LogP contribution >= 0.6 is 12.4 Å². The number of nitrogens with zero attached hydrogens (tertiary/aromatic N) is 1. The topological polar surface area (TPSA) is 50.8 Å². The Morgan fingerprint density at radius 2 is 1.82 bits per heavy atom. The molecule has 2 aliphatic heterocycles. The maximum Gasteiger partial charge on any atom is 0.248 e. The van der Waals surface area contributed by atoms with Crippen molar-refractivity contribution in [1.29, 1.82) is 0 Å². The molecule has 0 unspecified atom stereocenters. The van der Waals surface area contributed by atoms with Crippen LogP contribution in [0, 0.1) is 11.8 Å². The van der Waals surface area contributed by atoms with E-state index in [4.69, 9.17) is 9.47 Å². The molecule has 0 radical (unpaired) electrons. The van der Waals surface area contributed by atoms with Crippen LogP contribution in [0.25, 0.3) is 0 Å². The molecule has 3 rings (SSSR count). The van der Waals surface area contributed by atoms with Crippen LogP contribution in [0.15, 0.2) is 30.3 Å². The fraction of sp³-hybridized carbons (Fsp3) is 0.562. The average Bonchev–Trinajstić information content (AvgIpc) is 3.09. The lowest BCUT2D eigenvalue weighted by atomic mass is 10.0. The Morgan fingerprint density at radius 3 is 2.50 bits per heavy atom. The van der Waals surface area contributed by atoms with Crippen molar-refractivity contribution in [2.75, 3.05) is 46.0 Å². The molecular weight excluding hydrogens is 304 g/mol. The van der Waals surface area contributed by atoms with Crippen molar-refractivity contribution in [3.63, 3.8) is 0 Å². The third kappa shape index (κ3) is 4.35. The predicted molar refractivity (Wildman–Crippen MR) is 86.4 cm³/mol. The Labute approximate surface area is 137 Å². The number of halogens is 1. The molecule has 0 bridgehead atoms. The van der Waals surface area contributed by atoms with Crippen molar-refractivity contribution in [2.24, 2.45) is 11.8 Å². The van der Waals surface area contributed by atoms with Crippen LogP contribution in [0.4, 0.5) is 0 Å². The summed E-state index contributed by atoms with van der Waals surface area (Å²) in [6.45, 7) is 4.89. The number of hydrogen-bond donors (Lipinski definition) is 1. The summed E-state index contributed by atoms with van der Waals surface area (Å²) in [5.74, 6) is 2.20. The number of carbonyl (C=O) groups excluding carboxylic acids is 1. The first-order valence-electron chi connectivity index (χ1n) is 7.57. The van der Waals surface area contributed by atoms with Gasteiger partial charge in [0.1, 0.15) is 19.0 Å². The van der Waals surface area contributed by atoms with Gasteiger partial charge in [-0.3, -0.25) is 4.79 Å². The van der Waals surface area contributed by atoms with Crippen LogP contribution in [0.1, 0.15) is 0 Å². The Hall–Kier alpha value is -1.30. The lowest BCUT2D eigenvalue weighted by molar-refractivity contribution is -0.135. The van der Waals surface area contributed by atoms with Gasteiger partial charge in [0.15, 0.2) is 0 Å². The summed E-state index contributed by atoms with van der Waals surface area (Å²) in [5.41, 5.74) is 0. The van der Waals surface area contributed by atoms with Gasteiger partial charge in [-0.15, -0.1) is 12.4 Å². The highest BCUT2D eigenvalue weighted by molar-refractivity contribution is 5.85. The van der Waals surface area contributed by atoms with Gasteiger partial charge in [-0.25, -0.2) is 0 Å². The summed E-state index contributed by atoms with van der Waals surface area (Å²) in [5, 5.41) is 3.37. The molecule has 1 aromatic rings. The van der Waals surface area contributed by atoms with E-state index in [9.17, 15) is 4.79 Å². The van der Waals surface area contributed by atoms with Crippen molar-refractivity contribution in [2.45, 2.75) is 0 Å². The molecule has 122 valence electrons. The first kappa shape index (κ1) is 17.1. The minimum atomic E-state index is 0. The molecule has 0 aromatic heterocycles. The third-order valence-corrected chi connectivity index (χ3v) is 4.21. The van der Waals surface area contributed by atoms with Gasteiger partial charge in [0.05, 0.1) is 6.61 Å². The van der Waals surface area contributed by atoms with Crippen molar-refractivity contribution >= 4 is 18.3 Å². The fourth-order valence-corrected chi connectivity index (χ4v) is 3.04. The highest BCUT2D eigenvalue weighted by Crippen LogP contribution is 2.26. The number of benzene rings is 1. The number of rotatable bonds is 6. The van der Waals surface area contributed by atoms with Gasteiger partial charge in [0.25, 0.3) is 0 Å². The number of para-hydroxylation sites is 1. The highest BCUT2D eigenvalue weighted by atomic mass is 35.5. The minimum Gasteiger partial charge on any atom is -0.491 e. The number of carbonyl (C=O) groups is 1. The van der Waals surface area contributed by atoms with Gasteiger partial charge in [0, 0.05) is 26.2 Å². The van der Waals surface area contributed by atoms with E-state index >= 15 is 0 Å². The number of hydrogen-bond acceptors (Lipinski definition) is 4. The van der Waals surface area contributed by atoms with Gasteiger partial charge < -0.3 is 19.7 Å². The molecule has 1 amide bonds. The molecule has 2 saturated heterocycles. The molecule has 2 heterocycles. The summed E-state index contributed by atoms with van der Waals surface area (Å²) < 4.78 is 10.9. The maximum atomic E-state index is 12.0. The number of ether oxygens (including phenoxy) is 2. The monoisotopic (exact) mass is 326 g/mol. The smallest absolute Gasteiger partial charge is 0.248 e. The number of likely N-dealkylation sites (tertiary alicyclic amines) is 1. The van der Waals surface area contributed by atoms with Gasteiger partial charge in [-0.2, -0.15) is 0 Å². The molecule has 0 aliphatic carbocycles. The Bertz CT molecular complexity index is 460. The Morgan fingerprint density at radius 1 is 1.14 bits per heavy atom. The van der Waals surface area contributed by atoms with Gasteiger partial charge >= 0.3 is 0 Å². The highest BCUT2D eigenvalue weighted by Gasteiger charge is 2.37. The van der Waals surface area contributed by atoms with Crippen LogP contribution in [0.2, 0.25) is 0 Å². The third-order valence-electron chi connectivity index (χ3n) is 4.21. The second kappa shape index (κ2) is 8.36. The minimum absolute atomic E-state index is 0. The molecule has 2 aliphatic rings. The van der Waals surface area contributed by atoms with Crippen LogP contribution < -0.4 is 10.1 Å². The molecule has 1 N–H and O–H groups in total. The lowest BCUT2D eigenvalue weighted by Gasteiger charge is -2.17. The van der Waals surface area contributed by atoms with Crippen molar-refractivity contribution < 1.29 is 14.3 Å².